The monoisotopic (exact) mass is 196 g/mol. The molecule has 71 valence electrons. The Bertz CT molecular complexity index is 221. The van der Waals surface area contributed by atoms with Gasteiger partial charge in [0.05, 0.1) is 0 Å². The molecule has 1 radical (unpaired) electrons. The van der Waals surface area contributed by atoms with Gasteiger partial charge in [-0.3, -0.25) is 0 Å². The van der Waals surface area contributed by atoms with E-state index in [0.717, 1.165) is 18.8 Å². The maximum atomic E-state index is 4.52. The van der Waals surface area contributed by atoms with Gasteiger partial charge in [-0.25, -0.2) is 4.40 Å². The van der Waals surface area contributed by atoms with Crippen LogP contribution in [0.5, 0.6) is 0 Å². The molecule has 2 unspecified atom stereocenters. The Morgan fingerprint density at radius 1 is 1.69 bits per heavy atom. The molecular formula is C8H15BN3S. The van der Waals surface area contributed by atoms with Crippen LogP contribution in [-0.2, 0) is 0 Å². The standard InChI is InChI=1S/C8H15BN3S/c1-6-5-13-11-8-7(9-2)10-3-4-12(6)8/h6-7,10H,3-5H2,1-2H3. The average Bonchev–Trinajstić information content (AvgIpc) is 2.18. The minimum Gasteiger partial charge on any atom is -0.354 e. The predicted octanol–water partition coefficient (Wildman–Crippen LogP) is 0.419. The van der Waals surface area contributed by atoms with Crippen molar-refractivity contribution in [3.63, 3.8) is 0 Å². The van der Waals surface area contributed by atoms with E-state index in [1.807, 2.05) is 0 Å². The second-order valence-electron chi connectivity index (χ2n) is 3.55. The summed E-state index contributed by atoms with van der Waals surface area (Å²) in [7, 11) is 2.18. The molecule has 1 N–H and O–H groups in total. The zero-order valence-electron chi connectivity index (χ0n) is 8.16. The molecule has 2 aliphatic heterocycles. The molecule has 0 bridgehead atoms. The number of nitrogens with one attached hydrogen (secondary N) is 1. The summed E-state index contributed by atoms with van der Waals surface area (Å²) in [5, 5.41) is 3.45. The summed E-state index contributed by atoms with van der Waals surface area (Å²) in [5.41, 5.74) is 0. The van der Waals surface area contributed by atoms with Crippen molar-refractivity contribution in [1.82, 2.24) is 10.2 Å². The van der Waals surface area contributed by atoms with Crippen LogP contribution >= 0.6 is 11.9 Å². The molecule has 0 aromatic rings. The van der Waals surface area contributed by atoms with E-state index in [-0.39, 0.29) is 0 Å². The van der Waals surface area contributed by atoms with Gasteiger partial charge in [-0.2, -0.15) is 0 Å². The topological polar surface area (TPSA) is 27.6 Å². The summed E-state index contributed by atoms with van der Waals surface area (Å²) in [6, 6.07) is 0.641. The molecule has 13 heavy (non-hydrogen) atoms. The van der Waals surface area contributed by atoms with Crippen LogP contribution in [0.1, 0.15) is 6.92 Å². The first kappa shape index (κ1) is 9.40. The summed E-state index contributed by atoms with van der Waals surface area (Å²) in [5.74, 6) is 2.71. The number of hydrogen-bond acceptors (Lipinski definition) is 4. The zero-order chi connectivity index (χ0) is 9.26. The number of rotatable bonds is 1. The molecule has 2 atom stereocenters. The average molecular weight is 196 g/mol. The molecule has 2 heterocycles. The highest BCUT2D eigenvalue weighted by molar-refractivity contribution is 7.98. The van der Waals surface area contributed by atoms with Gasteiger partial charge in [-0.15, -0.1) is 0 Å². The van der Waals surface area contributed by atoms with Crippen molar-refractivity contribution in [2.45, 2.75) is 25.7 Å². The summed E-state index contributed by atoms with van der Waals surface area (Å²) < 4.78 is 4.52. The van der Waals surface area contributed by atoms with Crippen molar-refractivity contribution >= 4 is 25.1 Å². The van der Waals surface area contributed by atoms with E-state index >= 15 is 0 Å². The van der Waals surface area contributed by atoms with Gasteiger partial charge in [0.2, 0.25) is 0 Å². The van der Waals surface area contributed by atoms with E-state index < -0.39 is 0 Å². The summed E-state index contributed by atoms with van der Waals surface area (Å²) in [6.45, 7) is 6.54. The molecule has 0 aromatic carbocycles. The molecule has 1 fully saturated rings. The summed E-state index contributed by atoms with van der Waals surface area (Å²) >= 11 is 1.69. The first-order valence-corrected chi connectivity index (χ1v) is 5.76. The molecule has 5 heteroatoms. The molecule has 1 saturated heterocycles. The third-order valence-electron chi connectivity index (χ3n) is 2.63. The molecule has 0 aliphatic carbocycles. The normalized spacial score (nSPS) is 33.7. The second kappa shape index (κ2) is 3.92. The first-order chi connectivity index (χ1) is 6.33. The SMILES string of the molecule is C[B]C1NCCN2C1=NSCC2C. The lowest BCUT2D eigenvalue weighted by atomic mass is 9.70. The van der Waals surface area contributed by atoms with Gasteiger partial charge < -0.3 is 10.2 Å². The van der Waals surface area contributed by atoms with Crippen LogP contribution in [0.4, 0.5) is 0 Å². The minimum atomic E-state index is 0.365. The van der Waals surface area contributed by atoms with Crippen LogP contribution in [0.2, 0.25) is 6.82 Å². The van der Waals surface area contributed by atoms with Gasteiger partial charge in [-0.05, 0) is 18.9 Å². The summed E-state index contributed by atoms with van der Waals surface area (Å²) in [6.07, 6.45) is 0. The second-order valence-corrected chi connectivity index (χ2v) is 4.33. The van der Waals surface area contributed by atoms with E-state index in [9.17, 15) is 0 Å². The smallest absolute Gasteiger partial charge is 0.139 e. The molecular weight excluding hydrogens is 181 g/mol. The Labute approximate surface area is 84.7 Å². The maximum Gasteiger partial charge on any atom is 0.139 e. The van der Waals surface area contributed by atoms with E-state index in [1.165, 1.54) is 5.84 Å². The van der Waals surface area contributed by atoms with Gasteiger partial charge >= 0.3 is 0 Å². The molecule has 0 amide bonds. The Morgan fingerprint density at radius 2 is 2.54 bits per heavy atom. The highest BCUT2D eigenvalue weighted by atomic mass is 32.2. The van der Waals surface area contributed by atoms with E-state index in [1.54, 1.807) is 11.9 Å². The lowest BCUT2D eigenvalue weighted by Gasteiger charge is -2.42. The number of amidine groups is 1. The quantitative estimate of drug-likeness (QED) is 0.486. The number of hydrogen-bond donors (Lipinski definition) is 1. The molecule has 2 aliphatic rings. The lowest BCUT2D eigenvalue weighted by molar-refractivity contribution is 0.316. The fourth-order valence-electron chi connectivity index (χ4n) is 1.85. The third-order valence-corrected chi connectivity index (χ3v) is 3.58. The first-order valence-electron chi connectivity index (χ1n) is 4.82. The zero-order valence-corrected chi connectivity index (χ0v) is 8.97. The van der Waals surface area contributed by atoms with Crippen molar-refractivity contribution in [2.75, 3.05) is 18.8 Å². The van der Waals surface area contributed by atoms with Crippen LogP contribution in [0.15, 0.2) is 4.40 Å². The fourth-order valence-corrected chi connectivity index (χ4v) is 2.67. The van der Waals surface area contributed by atoms with Gasteiger partial charge in [0.25, 0.3) is 0 Å². The Morgan fingerprint density at radius 3 is 3.31 bits per heavy atom. The number of piperazine rings is 1. The van der Waals surface area contributed by atoms with Crippen LogP contribution in [0.25, 0.3) is 0 Å². The van der Waals surface area contributed by atoms with Crippen molar-refractivity contribution in [3.05, 3.63) is 0 Å². The maximum absolute atomic E-state index is 4.52. The van der Waals surface area contributed by atoms with Gasteiger partial charge in [0.1, 0.15) is 13.1 Å². The van der Waals surface area contributed by atoms with Gasteiger partial charge in [-0.1, -0.05) is 6.82 Å². The van der Waals surface area contributed by atoms with Crippen molar-refractivity contribution in [2.24, 2.45) is 4.40 Å². The van der Waals surface area contributed by atoms with E-state index in [2.05, 4.69) is 35.6 Å². The highest BCUT2D eigenvalue weighted by Gasteiger charge is 2.30. The summed E-state index contributed by atoms with van der Waals surface area (Å²) in [4.78, 5) is 2.43. The molecule has 2 rings (SSSR count). The Hall–Kier alpha value is -0.155. The van der Waals surface area contributed by atoms with Crippen LogP contribution in [0, 0.1) is 0 Å². The molecule has 0 saturated carbocycles. The van der Waals surface area contributed by atoms with Crippen LogP contribution in [0.3, 0.4) is 0 Å². The predicted molar refractivity (Wildman–Crippen MR) is 59.5 cm³/mol. The fraction of sp³-hybridized carbons (Fsp3) is 0.875. The molecule has 0 spiro atoms. The van der Waals surface area contributed by atoms with E-state index in [0.29, 0.717) is 12.0 Å². The largest absolute Gasteiger partial charge is 0.354 e. The van der Waals surface area contributed by atoms with Crippen LogP contribution in [-0.4, -0.2) is 48.8 Å². The third kappa shape index (κ3) is 1.72. The van der Waals surface area contributed by atoms with Gasteiger partial charge in [0, 0.05) is 30.8 Å². The lowest BCUT2D eigenvalue weighted by Crippen LogP contribution is -2.60. The molecule has 3 nitrogen and oxygen atoms in total. The number of fused-ring (bicyclic) bond motifs is 1. The van der Waals surface area contributed by atoms with E-state index in [4.69, 9.17) is 0 Å². The highest BCUT2D eigenvalue weighted by Crippen LogP contribution is 2.20. The Kier molecular flexibility index (Phi) is 2.84. The molecule has 0 aromatic heterocycles. The van der Waals surface area contributed by atoms with Crippen molar-refractivity contribution in [1.29, 1.82) is 0 Å². The number of nitrogens with zero attached hydrogens (tertiary/aromatic N) is 2. The Balaban J connectivity index is 2.16. The minimum absolute atomic E-state index is 0.365. The van der Waals surface area contributed by atoms with Gasteiger partial charge in [0.15, 0.2) is 0 Å². The van der Waals surface area contributed by atoms with Crippen molar-refractivity contribution < 1.29 is 0 Å². The van der Waals surface area contributed by atoms with Crippen molar-refractivity contribution in [3.8, 4) is 0 Å². The van der Waals surface area contributed by atoms with Crippen LogP contribution < -0.4 is 5.32 Å².